The molecule has 0 bridgehead atoms. The number of amides is 1. The molecule has 0 radical (unpaired) electrons. The number of carbonyl (C=O) groups excluding carboxylic acids is 1. The first kappa shape index (κ1) is 13.5. The van der Waals surface area contributed by atoms with Crippen LogP contribution in [0.25, 0.3) is 0 Å². The highest BCUT2D eigenvalue weighted by Gasteiger charge is 2.30. The maximum absolute atomic E-state index is 12.4. The van der Waals surface area contributed by atoms with Crippen LogP contribution in [0.4, 0.5) is 13.2 Å². The van der Waals surface area contributed by atoms with Crippen LogP contribution in [0.5, 0.6) is 0 Å². The summed E-state index contributed by atoms with van der Waals surface area (Å²) in [6, 6.07) is 4.95. The van der Waals surface area contributed by atoms with E-state index in [1.54, 1.807) is 13.0 Å². The standard InChI is InChI=1S/C12H14F3NO/c1-8(16-9(2)17)6-10-4-3-5-11(7-10)12(13,14)15/h3-5,7-8H,6H2,1-2H3,(H,16,17). The summed E-state index contributed by atoms with van der Waals surface area (Å²) in [4.78, 5) is 10.8. The first-order valence-electron chi connectivity index (χ1n) is 5.22. The van der Waals surface area contributed by atoms with Gasteiger partial charge in [-0.15, -0.1) is 0 Å². The van der Waals surface area contributed by atoms with Gasteiger partial charge in [0.1, 0.15) is 0 Å². The van der Waals surface area contributed by atoms with Gasteiger partial charge >= 0.3 is 6.18 Å². The summed E-state index contributed by atoms with van der Waals surface area (Å²) >= 11 is 0. The average Bonchev–Trinajstić information content (AvgIpc) is 2.15. The summed E-state index contributed by atoms with van der Waals surface area (Å²) in [7, 11) is 0. The molecule has 94 valence electrons. The summed E-state index contributed by atoms with van der Waals surface area (Å²) in [6.07, 6.45) is -3.95. The second kappa shape index (κ2) is 5.21. The largest absolute Gasteiger partial charge is 0.416 e. The highest BCUT2D eigenvalue weighted by Crippen LogP contribution is 2.29. The second-order valence-corrected chi connectivity index (χ2v) is 4.00. The number of nitrogens with one attached hydrogen (secondary N) is 1. The molecular formula is C12H14F3NO. The van der Waals surface area contributed by atoms with E-state index in [4.69, 9.17) is 0 Å². The van der Waals surface area contributed by atoms with Crippen molar-refractivity contribution < 1.29 is 18.0 Å². The number of benzene rings is 1. The fraction of sp³-hybridized carbons (Fsp3) is 0.417. The Morgan fingerprint density at radius 3 is 2.59 bits per heavy atom. The van der Waals surface area contributed by atoms with E-state index in [2.05, 4.69) is 5.32 Å². The molecule has 5 heteroatoms. The van der Waals surface area contributed by atoms with Crippen molar-refractivity contribution in [2.45, 2.75) is 32.5 Å². The molecule has 0 heterocycles. The molecule has 17 heavy (non-hydrogen) atoms. The number of alkyl halides is 3. The Balaban J connectivity index is 2.76. The Morgan fingerprint density at radius 1 is 1.41 bits per heavy atom. The minimum atomic E-state index is -4.33. The van der Waals surface area contributed by atoms with E-state index in [0.29, 0.717) is 12.0 Å². The third-order valence-corrected chi connectivity index (χ3v) is 2.25. The van der Waals surface area contributed by atoms with Crippen LogP contribution in [-0.2, 0) is 17.4 Å². The SMILES string of the molecule is CC(=O)NC(C)Cc1cccc(C(F)(F)F)c1. The van der Waals surface area contributed by atoms with Gasteiger partial charge in [0.05, 0.1) is 5.56 Å². The third kappa shape index (κ3) is 4.46. The van der Waals surface area contributed by atoms with Crippen molar-refractivity contribution >= 4 is 5.91 Å². The van der Waals surface area contributed by atoms with E-state index in [-0.39, 0.29) is 11.9 Å². The van der Waals surface area contributed by atoms with Crippen LogP contribution in [-0.4, -0.2) is 11.9 Å². The van der Waals surface area contributed by atoms with E-state index >= 15 is 0 Å². The van der Waals surface area contributed by atoms with Gasteiger partial charge < -0.3 is 5.32 Å². The molecular weight excluding hydrogens is 231 g/mol. The fourth-order valence-electron chi connectivity index (χ4n) is 1.63. The maximum Gasteiger partial charge on any atom is 0.416 e. The lowest BCUT2D eigenvalue weighted by atomic mass is 10.0. The zero-order valence-electron chi connectivity index (χ0n) is 9.64. The molecule has 1 aromatic rings. The van der Waals surface area contributed by atoms with Gasteiger partial charge in [0, 0.05) is 13.0 Å². The first-order chi connectivity index (χ1) is 7.79. The Morgan fingerprint density at radius 2 is 2.06 bits per heavy atom. The van der Waals surface area contributed by atoms with Crippen molar-refractivity contribution in [1.82, 2.24) is 5.32 Å². The first-order valence-corrected chi connectivity index (χ1v) is 5.22. The van der Waals surface area contributed by atoms with E-state index in [9.17, 15) is 18.0 Å². The summed E-state index contributed by atoms with van der Waals surface area (Å²) in [5.41, 5.74) is -0.105. The van der Waals surface area contributed by atoms with Crippen LogP contribution in [0.1, 0.15) is 25.0 Å². The van der Waals surface area contributed by atoms with E-state index in [1.165, 1.54) is 13.0 Å². The molecule has 0 aromatic heterocycles. The number of hydrogen-bond acceptors (Lipinski definition) is 1. The summed E-state index contributed by atoms with van der Waals surface area (Å²) < 4.78 is 37.3. The van der Waals surface area contributed by atoms with Crippen molar-refractivity contribution in [2.75, 3.05) is 0 Å². The molecule has 0 aliphatic rings. The zero-order valence-corrected chi connectivity index (χ0v) is 9.64. The van der Waals surface area contributed by atoms with Gasteiger partial charge in [0.2, 0.25) is 5.91 Å². The molecule has 0 fully saturated rings. The molecule has 0 spiro atoms. The van der Waals surface area contributed by atoms with Crippen molar-refractivity contribution in [2.24, 2.45) is 0 Å². The fourth-order valence-corrected chi connectivity index (χ4v) is 1.63. The molecule has 2 nitrogen and oxygen atoms in total. The van der Waals surface area contributed by atoms with Crippen LogP contribution in [0, 0.1) is 0 Å². The third-order valence-electron chi connectivity index (χ3n) is 2.25. The average molecular weight is 245 g/mol. The minimum absolute atomic E-state index is 0.184. The van der Waals surface area contributed by atoms with Gasteiger partial charge in [-0.1, -0.05) is 18.2 Å². The van der Waals surface area contributed by atoms with Crippen molar-refractivity contribution in [3.63, 3.8) is 0 Å². The summed E-state index contributed by atoms with van der Waals surface area (Å²) in [5, 5.41) is 2.63. The molecule has 1 N–H and O–H groups in total. The van der Waals surface area contributed by atoms with Gasteiger partial charge in [-0.2, -0.15) is 13.2 Å². The number of carbonyl (C=O) groups is 1. The van der Waals surface area contributed by atoms with Gasteiger partial charge in [0.25, 0.3) is 0 Å². The Hall–Kier alpha value is -1.52. The molecule has 0 aliphatic carbocycles. The Labute approximate surface area is 97.8 Å². The van der Waals surface area contributed by atoms with Gasteiger partial charge in [-0.05, 0) is 25.0 Å². The predicted octanol–water partition coefficient (Wildman–Crippen LogP) is 2.77. The zero-order chi connectivity index (χ0) is 13.1. The quantitative estimate of drug-likeness (QED) is 0.871. The smallest absolute Gasteiger partial charge is 0.354 e. The van der Waals surface area contributed by atoms with Gasteiger partial charge in [-0.3, -0.25) is 4.79 Å². The Bertz CT molecular complexity index is 401. The minimum Gasteiger partial charge on any atom is -0.354 e. The lowest BCUT2D eigenvalue weighted by Gasteiger charge is -2.14. The summed E-state index contributed by atoms with van der Waals surface area (Å²) in [5.74, 6) is -0.190. The number of hydrogen-bond donors (Lipinski definition) is 1. The topological polar surface area (TPSA) is 29.1 Å². The second-order valence-electron chi connectivity index (χ2n) is 4.00. The molecule has 1 unspecified atom stereocenters. The van der Waals surface area contributed by atoms with Crippen molar-refractivity contribution in [1.29, 1.82) is 0 Å². The molecule has 1 amide bonds. The number of rotatable bonds is 3. The van der Waals surface area contributed by atoms with Crippen molar-refractivity contribution in [3.8, 4) is 0 Å². The van der Waals surface area contributed by atoms with Crippen molar-refractivity contribution in [3.05, 3.63) is 35.4 Å². The molecule has 1 rings (SSSR count). The highest BCUT2D eigenvalue weighted by atomic mass is 19.4. The van der Waals surface area contributed by atoms with E-state index in [0.717, 1.165) is 12.1 Å². The van der Waals surface area contributed by atoms with Crippen LogP contribution < -0.4 is 5.32 Å². The normalized spacial score (nSPS) is 13.2. The van der Waals surface area contributed by atoms with Gasteiger partial charge in [0.15, 0.2) is 0 Å². The molecule has 1 atom stereocenters. The highest BCUT2D eigenvalue weighted by molar-refractivity contribution is 5.73. The van der Waals surface area contributed by atoms with Crippen LogP contribution in [0.15, 0.2) is 24.3 Å². The lowest BCUT2D eigenvalue weighted by Crippen LogP contribution is -2.32. The molecule has 0 saturated heterocycles. The van der Waals surface area contributed by atoms with E-state index in [1.807, 2.05) is 0 Å². The predicted molar refractivity (Wildman–Crippen MR) is 58.4 cm³/mol. The van der Waals surface area contributed by atoms with Crippen LogP contribution >= 0.6 is 0 Å². The molecule has 0 saturated carbocycles. The summed E-state index contributed by atoms with van der Waals surface area (Å²) in [6.45, 7) is 3.13. The number of halogens is 3. The lowest BCUT2D eigenvalue weighted by molar-refractivity contribution is -0.137. The van der Waals surface area contributed by atoms with Crippen LogP contribution in [0.3, 0.4) is 0 Å². The molecule has 0 aliphatic heterocycles. The van der Waals surface area contributed by atoms with Gasteiger partial charge in [-0.25, -0.2) is 0 Å². The monoisotopic (exact) mass is 245 g/mol. The van der Waals surface area contributed by atoms with E-state index < -0.39 is 11.7 Å². The Kier molecular flexibility index (Phi) is 4.15. The maximum atomic E-state index is 12.4. The van der Waals surface area contributed by atoms with Crippen LogP contribution in [0.2, 0.25) is 0 Å². The molecule has 1 aromatic carbocycles.